The maximum absolute atomic E-state index is 12.8. The normalized spacial score (nSPS) is 10.8. The van der Waals surface area contributed by atoms with Gasteiger partial charge in [0.2, 0.25) is 0 Å². The number of nitrogens with one attached hydrogen (secondary N) is 2. The third-order valence-electron chi connectivity index (χ3n) is 4.03. The summed E-state index contributed by atoms with van der Waals surface area (Å²) in [6.07, 6.45) is 0. The van der Waals surface area contributed by atoms with Crippen molar-refractivity contribution in [2.75, 3.05) is 5.32 Å². The summed E-state index contributed by atoms with van der Waals surface area (Å²) in [6, 6.07) is 13.9. The summed E-state index contributed by atoms with van der Waals surface area (Å²) in [5.41, 5.74) is 2.09. The molecule has 8 heteroatoms. The lowest BCUT2D eigenvalue weighted by atomic mass is 10.1. The number of nitrogens with zero attached hydrogens (tertiary/aromatic N) is 3. The molecule has 3 aromatic rings. The minimum atomic E-state index is -0.458. The van der Waals surface area contributed by atoms with Crippen molar-refractivity contribution < 1.29 is 9.59 Å². The second kappa shape index (κ2) is 8.22. The molecule has 0 spiro atoms. The van der Waals surface area contributed by atoms with Crippen molar-refractivity contribution in [3.8, 4) is 5.69 Å². The fourth-order valence-electron chi connectivity index (χ4n) is 2.70. The van der Waals surface area contributed by atoms with Gasteiger partial charge in [-0.15, -0.1) is 5.10 Å². The second-order valence-corrected chi connectivity index (χ2v) is 6.92. The third kappa shape index (κ3) is 4.04. The van der Waals surface area contributed by atoms with Gasteiger partial charge in [-0.25, -0.2) is 4.68 Å². The molecule has 0 aliphatic rings. The molecule has 28 heavy (non-hydrogen) atoms. The average Bonchev–Trinajstić information content (AvgIpc) is 3.03. The molecule has 144 valence electrons. The Balaban J connectivity index is 1.88. The molecule has 2 amide bonds. The zero-order valence-corrected chi connectivity index (χ0v) is 16.5. The number of amides is 2. The number of benzene rings is 2. The van der Waals surface area contributed by atoms with Crippen LogP contribution in [-0.2, 0) is 0 Å². The van der Waals surface area contributed by atoms with E-state index in [0.29, 0.717) is 27.7 Å². The quantitative estimate of drug-likeness (QED) is 0.688. The SMILES string of the molecule is Cc1c(C(=O)Nc2ccccc2C(=O)NC(C)C)nnn1-c1ccccc1Cl. The summed E-state index contributed by atoms with van der Waals surface area (Å²) in [7, 11) is 0. The molecule has 0 saturated heterocycles. The Morgan fingerprint density at radius 1 is 1.04 bits per heavy atom. The van der Waals surface area contributed by atoms with Crippen LogP contribution in [0.2, 0.25) is 5.02 Å². The first kappa shape index (κ1) is 19.6. The summed E-state index contributed by atoms with van der Waals surface area (Å²) in [4.78, 5) is 25.1. The smallest absolute Gasteiger partial charge is 0.278 e. The van der Waals surface area contributed by atoms with E-state index in [1.807, 2.05) is 26.0 Å². The molecule has 0 atom stereocenters. The largest absolute Gasteiger partial charge is 0.350 e. The number of carbonyl (C=O) groups is 2. The lowest BCUT2D eigenvalue weighted by Crippen LogP contribution is -2.31. The summed E-state index contributed by atoms with van der Waals surface area (Å²) < 4.78 is 1.51. The maximum Gasteiger partial charge on any atom is 0.278 e. The van der Waals surface area contributed by atoms with E-state index >= 15 is 0 Å². The van der Waals surface area contributed by atoms with Crippen LogP contribution in [0, 0.1) is 6.92 Å². The number of hydrogen-bond donors (Lipinski definition) is 2. The summed E-state index contributed by atoms with van der Waals surface area (Å²) in [6.45, 7) is 5.47. The summed E-state index contributed by atoms with van der Waals surface area (Å²) in [5.74, 6) is -0.719. The number of hydrogen-bond acceptors (Lipinski definition) is 4. The van der Waals surface area contributed by atoms with Gasteiger partial charge < -0.3 is 10.6 Å². The molecule has 7 nitrogen and oxygen atoms in total. The van der Waals surface area contributed by atoms with E-state index < -0.39 is 5.91 Å². The Morgan fingerprint density at radius 2 is 1.71 bits per heavy atom. The van der Waals surface area contributed by atoms with E-state index in [2.05, 4.69) is 20.9 Å². The maximum atomic E-state index is 12.8. The number of anilines is 1. The third-order valence-corrected chi connectivity index (χ3v) is 4.35. The van der Waals surface area contributed by atoms with Crippen LogP contribution >= 0.6 is 11.6 Å². The molecule has 0 aliphatic heterocycles. The molecule has 2 N–H and O–H groups in total. The van der Waals surface area contributed by atoms with Gasteiger partial charge in [-0.2, -0.15) is 0 Å². The Morgan fingerprint density at radius 3 is 2.43 bits per heavy atom. The minimum absolute atomic E-state index is 0.0194. The molecule has 0 fully saturated rings. The molecule has 0 radical (unpaired) electrons. The first-order valence-electron chi connectivity index (χ1n) is 8.77. The van der Waals surface area contributed by atoms with Crippen molar-refractivity contribution in [3.05, 3.63) is 70.5 Å². The van der Waals surface area contributed by atoms with Gasteiger partial charge in [-0.3, -0.25) is 9.59 Å². The highest BCUT2D eigenvalue weighted by molar-refractivity contribution is 6.32. The minimum Gasteiger partial charge on any atom is -0.350 e. The molecule has 1 aromatic heterocycles. The Kier molecular flexibility index (Phi) is 5.75. The van der Waals surface area contributed by atoms with Gasteiger partial charge in [-0.1, -0.05) is 41.1 Å². The fourth-order valence-corrected chi connectivity index (χ4v) is 2.92. The topological polar surface area (TPSA) is 88.9 Å². The van der Waals surface area contributed by atoms with Crippen molar-refractivity contribution in [2.24, 2.45) is 0 Å². The Hall–Kier alpha value is -3.19. The number of carbonyl (C=O) groups excluding carboxylic acids is 2. The van der Waals surface area contributed by atoms with Crippen LogP contribution in [0.25, 0.3) is 5.69 Å². The van der Waals surface area contributed by atoms with Gasteiger partial charge >= 0.3 is 0 Å². The second-order valence-electron chi connectivity index (χ2n) is 6.51. The molecule has 0 aliphatic carbocycles. The van der Waals surface area contributed by atoms with Gasteiger partial charge in [0.1, 0.15) is 0 Å². The van der Waals surface area contributed by atoms with E-state index in [4.69, 9.17) is 11.6 Å². The monoisotopic (exact) mass is 397 g/mol. The van der Waals surface area contributed by atoms with Crippen LogP contribution in [0.1, 0.15) is 40.4 Å². The van der Waals surface area contributed by atoms with Crippen molar-refractivity contribution in [3.63, 3.8) is 0 Å². The predicted molar refractivity (Wildman–Crippen MR) is 108 cm³/mol. The van der Waals surface area contributed by atoms with Gasteiger partial charge in [-0.05, 0) is 45.0 Å². The first-order valence-corrected chi connectivity index (χ1v) is 9.14. The van der Waals surface area contributed by atoms with Crippen LogP contribution in [0.4, 0.5) is 5.69 Å². The number of aromatic nitrogens is 3. The van der Waals surface area contributed by atoms with Gasteiger partial charge in [0.25, 0.3) is 11.8 Å². The number of halogens is 1. The van der Waals surface area contributed by atoms with Crippen LogP contribution in [-0.4, -0.2) is 32.9 Å². The Labute approximate surface area is 167 Å². The lowest BCUT2D eigenvalue weighted by molar-refractivity contribution is 0.0944. The predicted octanol–water partition coefficient (Wildman–Crippen LogP) is 3.62. The van der Waals surface area contributed by atoms with E-state index in [1.165, 1.54) is 4.68 Å². The average molecular weight is 398 g/mol. The van der Waals surface area contributed by atoms with E-state index in [0.717, 1.165) is 0 Å². The van der Waals surface area contributed by atoms with E-state index in [-0.39, 0.29) is 17.6 Å². The van der Waals surface area contributed by atoms with Crippen LogP contribution in [0.5, 0.6) is 0 Å². The van der Waals surface area contributed by atoms with Crippen LogP contribution in [0.15, 0.2) is 48.5 Å². The zero-order valence-electron chi connectivity index (χ0n) is 15.7. The number of rotatable bonds is 5. The molecule has 0 bridgehead atoms. The van der Waals surface area contributed by atoms with Crippen molar-refractivity contribution in [2.45, 2.75) is 26.8 Å². The van der Waals surface area contributed by atoms with E-state index in [9.17, 15) is 9.59 Å². The van der Waals surface area contributed by atoms with E-state index in [1.54, 1.807) is 43.3 Å². The van der Waals surface area contributed by atoms with Crippen molar-refractivity contribution in [1.82, 2.24) is 20.3 Å². The molecular formula is C20H20ClN5O2. The van der Waals surface area contributed by atoms with Gasteiger partial charge in [0, 0.05) is 6.04 Å². The summed E-state index contributed by atoms with van der Waals surface area (Å²) in [5, 5.41) is 14.1. The number of para-hydroxylation sites is 2. The first-order chi connectivity index (χ1) is 13.4. The highest BCUT2D eigenvalue weighted by Crippen LogP contribution is 2.22. The van der Waals surface area contributed by atoms with Gasteiger partial charge in [0.05, 0.1) is 27.7 Å². The van der Waals surface area contributed by atoms with Crippen molar-refractivity contribution in [1.29, 1.82) is 0 Å². The molecule has 0 saturated carbocycles. The highest BCUT2D eigenvalue weighted by Gasteiger charge is 2.20. The van der Waals surface area contributed by atoms with Crippen LogP contribution in [0.3, 0.4) is 0 Å². The molecule has 1 heterocycles. The summed E-state index contributed by atoms with van der Waals surface area (Å²) >= 11 is 6.21. The van der Waals surface area contributed by atoms with Crippen LogP contribution < -0.4 is 10.6 Å². The standard InChI is InChI=1S/C20H20ClN5O2/c1-12(2)22-19(27)14-8-4-6-10-16(14)23-20(28)18-13(3)26(25-24-18)17-11-7-5-9-15(17)21/h4-12H,1-3H3,(H,22,27)(H,23,28). The lowest BCUT2D eigenvalue weighted by Gasteiger charge is -2.12. The fraction of sp³-hybridized carbons (Fsp3) is 0.200. The highest BCUT2D eigenvalue weighted by atomic mass is 35.5. The van der Waals surface area contributed by atoms with Gasteiger partial charge in [0.15, 0.2) is 5.69 Å². The zero-order chi connectivity index (χ0) is 20.3. The molecule has 0 unspecified atom stereocenters. The van der Waals surface area contributed by atoms with Crippen molar-refractivity contribution >= 4 is 29.1 Å². The molecular weight excluding hydrogens is 378 g/mol. The Bertz CT molecular complexity index is 1030. The molecule has 2 aromatic carbocycles. The molecule has 3 rings (SSSR count).